The molecule has 0 aromatic carbocycles. The van der Waals surface area contributed by atoms with Crippen LogP contribution < -0.4 is 0 Å². The molecule has 1 heterocycles. The van der Waals surface area contributed by atoms with Crippen molar-refractivity contribution >= 4 is 11.9 Å². The Kier molecular flexibility index (Phi) is 10.9. The summed E-state index contributed by atoms with van der Waals surface area (Å²) in [6.45, 7) is 12.3. The monoisotopic (exact) mass is 652 g/mol. The largest absolute Gasteiger partial charge is 0.466 e. The van der Waals surface area contributed by atoms with Crippen molar-refractivity contribution in [1.29, 1.82) is 0 Å². The fraction of sp³-hybridized carbons (Fsp3) is 0.944. The van der Waals surface area contributed by atoms with E-state index >= 15 is 0 Å². The molecule has 5 rings (SSSR count). The summed E-state index contributed by atoms with van der Waals surface area (Å²) in [6.07, 6.45) is 3.97. The van der Waals surface area contributed by atoms with Crippen molar-refractivity contribution in [3.05, 3.63) is 0 Å². The highest BCUT2D eigenvalue weighted by atomic mass is 16.7. The first kappa shape index (κ1) is 36.0. The lowest BCUT2D eigenvalue weighted by Crippen LogP contribution is -2.69. The summed E-state index contributed by atoms with van der Waals surface area (Å²) in [4.78, 5) is 22.5. The van der Waals surface area contributed by atoms with Crippen LogP contribution in [0.25, 0.3) is 0 Å². The first-order chi connectivity index (χ1) is 21.6. The number of aliphatic hydroxyl groups is 4. The van der Waals surface area contributed by atoms with Crippen molar-refractivity contribution in [3.8, 4) is 0 Å². The fourth-order valence-corrected chi connectivity index (χ4v) is 11.1. The third-order valence-corrected chi connectivity index (χ3v) is 13.6. The predicted octanol–water partition coefficient (Wildman–Crippen LogP) is 4.13. The van der Waals surface area contributed by atoms with Crippen LogP contribution >= 0.6 is 0 Å². The van der Waals surface area contributed by atoms with Crippen molar-refractivity contribution in [1.82, 2.24) is 0 Å². The molecular formula is C36H60O10. The maximum atomic E-state index is 12.3. The van der Waals surface area contributed by atoms with Gasteiger partial charge in [0.1, 0.15) is 12.2 Å². The fourth-order valence-electron chi connectivity index (χ4n) is 11.1. The van der Waals surface area contributed by atoms with Gasteiger partial charge in [0.15, 0.2) is 12.4 Å². The Morgan fingerprint density at radius 3 is 2.37 bits per heavy atom. The molecule has 0 amide bonds. The molecule has 0 aromatic rings. The molecule has 1 saturated heterocycles. The number of fused-ring (bicyclic) bond motifs is 5. The maximum absolute atomic E-state index is 12.3. The molecule has 46 heavy (non-hydrogen) atoms. The van der Waals surface area contributed by atoms with Crippen molar-refractivity contribution in [2.24, 2.45) is 46.3 Å². The third kappa shape index (κ3) is 6.65. The normalized spacial score (nSPS) is 46.7. The molecule has 4 aliphatic carbocycles. The minimum atomic E-state index is -1.40. The number of hydrogen-bond donors (Lipinski definition) is 4. The molecule has 10 heteroatoms. The van der Waals surface area contributed by atoms with Crippen LogP contribution in [0.3, 0.4) is 0 Å². The number of esters is 2. The standard InChI is InChI=1S/C36H60O10/c1-20(18-43-22(3)37)8-7-9-21(2)26-10-11-27-25-16-30(39)36(42)17-24(12-15-35(36,6)28(25)13-14-34(26,27)5)46-33-32(41)31(40)29(19-44-33)45-23(4)38/h20-21,24-33,39-42H,7-19H2,1-6H3/t20?,21-,24+,25?,26?,27?,28?,29-,30-,31-,32+,33+,34-,35-,36+/m1/s1. The molecular weight excluding hydrogens is 592 g/mol. The molecule has 1 aliphatic heterocycles. The Bertz CT molecular complexity index is 1090. The summed E-state index contributed by atoms with van der Waals surface area (Å²) >= 11 is 0. The lowest BCUT2D eigenvalue weighted by Gasteiger charge is -2.65. The maximum Gasteiger partial charge on any atom is 0.303 e. The molecule has 0 bridgehead atoms. The van der Waals surface area contributed by atoms with Crippen LogP contribution in [0.5, 0.6) is 0 Å². The lowest BCUT2D eigenvalue weighted by molar-refractivity contribution is -0.311. The van der Waals surface area contributed by atoms with Gasteiger partial charge in [0.25, 0.3) is 0 Å². The zero-order valence-electron chi connectivity index (χ0n) is 28.9. The van der Waals surface area contributed by atoms with Gasteiger partial charge < -0.3 is 39.4 Å². The summed E-state index contributed by atoms with van der Waals surface area (Å²) in [7, 11) is 0. The molecule has 0 radical (unpaired) electrons. The number of aliphatic hydroxyl groups excluding tert-OH is 3. The van der Waals surface area contributed by atoms with Crippen molar-refractivity contribution in [2.75, 3.05) is 13.2 Å². The van der Waals surface area contributed by atoms with Crippen molar-refractivity contribution in [3.63, 3.8) is 0 Å². The second kappa shape index (κ2) is 13.9. The van der Waals surface area contributed by atoms with Crippen LogP contribution in [0.4, 0.5) is 0 Å². The van der Waals surface area contributed by atoms with E-state index in [9.17, 15) is 30.0 Å². The van der Waals surface area contributed by atoms with E-state index in [1.807, 2.05) is 0 Å². The molecule has 5 aliphatic rings. The van der Waals surface area contributed by atoms with Gasteiger partial charge in [-0.15, -0.1) is 0 Å². The van der Waals surface area contributed by atoms with Crippen LogP contribution in [0, 0.1) is 46.3 Å². The zero-order chi connectivity index (χ0) is 33.6. The van der Waals surface area contributed by atoms with Crippen LogP contribution in [0.2, 0.25) is 0 Å². The summed E-state index contributed by atoms with van der Waals surface area (Å²) < 4.78 is 22.1. The Morgan fingerprint density at radius 1 is 0.935 bits per heavy atom. The number of carbonyl (C=O) groups is 2. The van der Waals surface area contributed by atoms with E-state index in [1.54, 1.807) is 0 Å². The molecule has 15 atom stereocenters. The van der Waals surface area contributed by atoms with Gasteiger partial charge >= 0.3 is 11.9 Å². The molecule has 5 unspecified atom stereocenters. The molecule has 5 fully saturated rings. The average molecular weight is 653 g/mol. The summed E-state index contributed by atoms with van der Waals surface area (Å²) in [5.41, 5.74) is -1.54. The second-order valence-electron chi connectivity index (χ2n) is 16.3. The van der Waals surface area contributed by atoms with Gasteiger partial charge in [-0.05, 0) is 92.3 Å². The Hall–Kier alpha value is -1.30. The van der Waals surface area contributed by atoms with Gasteiger partial charge in [-0.3, -0.25) is 9.59 Å². The first-order valence-corrected chi connectivity index (χ1v) is 17.9. The minimum Gasteiger partial charge on any atom is -0.466 e. The molecule has 0 spiro atoms. The van der Waals surface area contributed by atoms with Crippen molar-refractivity contribution in [2.45, 2.75) is 155 Å². The highest BCUT2D eigenvalue weighted by Gasteiger charge is 2.67. The summed E-state index contributed by atoms with van der Waals surface area (Å²) in [5.74, 6) is 2.07. The van der Waals surface area contributed by atoms with E-state index in [-0.39, 0.29) is 24.4 Å². The van der Waals surface area contributed by atoms with Crippen LogP contribution in [0.1, 0.15) is 112 Å². The first-order valence-electron chi connectivity index (χ1n) is 17.9. The van der Waals surface area contributed by atoms with Gasteiger partial charge in [0.2, 0.25) is 0 Å². The van der Waals surface area contributed by atoms with Crippen LogP contribution in [0.15, 0.2) is 0 Å². The molecule has 264 valence electrons. The van der Waals surface area contributed by atoms with Gasteiger partial charge in [0, 0.05) is 25.7 Å². The average Bonchev–Trinajstić information content (AvgIpc) is 3.34. The predicted molar refractivity (Wildman–Crippen MR) is 169 cm³/mol. The van der Waals surface area contributed by atoms with Gasteiger partial charge in [-0.25, -0.2) is 0 Å². The Balaban J connectivity index is 1.20. The van der Waals surface area contributed by atoms with E-state index in [2.05, 4.69) is 27.7 Å². The highest BCUT2D eigenvalue weighted by Crippen LogP contribution is 2.69. The number of carbonyl (C=O) groups excluding carboxylic acids is 2. The molecule has 4 saturated carbocycles. The smallest absolute Gasteiger partial charge is 0.303 e. The van der Waals surface area contributed by atoms with E-state index in [0.29, 0.717) is 61.4 Å². The third-order valence-electron chi connectivity index (χ3n) is 13.6. The quantitative estimate of drug-likeness (QED) is 0.200. The second-order valence-corrected chi connectivity index (χ2v) is 16.3. The van der Waals surface area contributed by atoms with Gasteiger partial charge in [-0.2, -0.15) is 0 Å². The zero-order valence-corrected chi connectivity index (χ0v) is 28.9. The van der Waals surface area contributed by atoms with E-state index in [4.69, 9.17) is 18.9 Å². The van der Waals surface area contributed by atoms with Gasteiger partial charge in [0.05, 0.1) is 31.0 Å². The van der Waals surface area contributed by atoms with Crippen LogP contribution in [-0.2, 0) is 28.5 Å². The number of rotatable bonds is 10. The topological polar surface area (TPSA) is 152 Å². The van der Waals surface area contributed by atoms with Gasteiger partial charge in [-0.1, -0.05) is 40.5 Å². The van der Waals surface area contributed by atoms with E-state index in [0.717, 1.165) is 25.7 Å². The van der Waals surface area contributed by atoms with E-state index < -0.39 is 53.8 Å². The summed E-state index contributed by atoms with van der Waals surface area (Å²) in [6, 6.07) is 0. The number of ether oxygens (including phenoxy) is 4. The van der Waals surface area contributed by atoms with Crippen LogP contribution in [-0.4, -0.2) is 88.0 Å². The highest BCUT2D eigenvalue weighted by molar-refractivity contribution is 5.66. The molecule has 4 N–H and O–H groups in total. The number of hydrogen-bond acceptors (Lipinski definition) is 10. The minimum absolute atomic E-state index is 0.0987. The van der Waals surface area contributed by atoms with Crippen molar-refractivity contribution < 1.29 is 49.0 Å². The Morgan fingerprint density at radius 2 is 1.67 bits per heavy atom. The SMILES string of the molecule is CC(=O)OCC(C)CCC[C@@H](C)C1CCC2C3C[C@@H](O)[C@@]4(O)C[C@@H](O[C@@H]5OC[C@@H](OC(C)=O)[C@@H](O)[C@@H]5O)CC[C@]4(C)C3CC[C@@]21C. The lowest BCUT2D eigenvalue weighted by atomic mass is 9.42. The summed E-state index contributed by atoms with van der Waals surface area (Å²) in [5, 5.41) is 45.2. The van der Waals surface area contributed by atoms with E-state index in [1.165, 1.54) is 33.1 Å². The molecule has 10 nitrogen and oxygen atoms in total. The molecule has 0 aromatic heterocycles. The Labute approximate surface area is 274 Å².